The van der Waals surface area contributed by atoms with Gasteiger partial charge in [0.15, 0.2) is 0 Å². The highest BCUT2D eigenvalue weighted by atomic mass is 32.1. The molecule has 0 spiro atoms. The molecule has 0 atom stereocenters. The van der Waals surface area contributed by atoms with Gasteiger partial charge in [-0.1, -0.05) is 18.2 Å². The standard InChI is InChI=1S/C9H7N3OS/c10-7(14)9-12-11-8(13-9)6-4-2-1-3-5-6/h1-5H,(H2,10,14). The van der Waals surface area contributed by atoms with Crippen LogP contribution in [0.1, 0.15) is 5.89 Å². The number of rotatable bonds is 2. The quantitative estimate of drug-likeness (QED) is 0.447. The summed E-state index contributed by atoms with van der Waals surface area (Å²) in [6.45, 7) is 0. The van der Waals surface area contributed by atoms with E-state index in [1.807, 2.05) is 30.3 Å². The van der Waals surface area contributed by atoms with Gasteiger partial charge in [-0.25, -0.2) is 0 Å². The predicted molar refractivity (Wildman–Crippen MR) is 55.5 cm³/mol. The van der Waals surface area contributed by atoms with E-state index in [0.29, 0.717) is 5.89 Å². The van der Waals surface area contributed by atoms with Crippen molar-refractivity contribution in [1.29, 1.82) is 5.41 Å². The van der Waals surface area contributed by atoms with E-state index in [0.717, 1.165) is 5.56 Å². The molecule has 1 aromatic carbocycles. The molecule has 2 aromatic rings. The van der Waals surface area contributed by atoms with Crippen molar-refractivity contribution in [1.82, 2.24) is 10.2 Å². The number of hydrogen-bond acceptors (Lipinski definition) is 4. The van der Waals surface area contributed by atoms with Gasteiger partial charge in [0, 0.05) is 5.56 Å². The first-order valence-electron chi connectivity index (χ1n) is 3.94. The van der Waals surface area contributed by atoms with Gasteiger partial charge in [-0.2, -0.15) is 0 Å². The maximum absolute atomic E-state index is 7.18. The molecule has 0 aliphatic rings. The van der Waals surface area contributed by atoms with Crippen molar-refractivity contribution in [2.24, 2.45) is 0 Å². The number of aromatic nitrogens is 2. The summed E-state index contributed by atoms with van der Waals surface area (Å²) in [6.07, 6.45) is 0. The third kappa shape index (κ3) is 1.67. The molecule has 0 aliphatic carbocycles. The molecule has 0 saturated heterocycles. The van der Waals surface area contributed by atoms with Gasteiger partial charge < -0.3 is 4.42 Å². The molecule has 1 heterocycles. The number of thiol groups is 1. The van der Waals surface area contributed by atoms with Crippen molar-refractivity contribution in [3.8, 4) is 11.5 Å². The lowest BCUT2D eigenvalue weighted by Crippen LogP contribution is -1.87. The second-order valence-electron chi connectivity index (χ2n) is 2.63. The molecule has 5 heteroatoms. The molecule has 4 nitrogen and oxygen atoms in total. The molecule has 0 bridgehead atoms. The summed E-state index contributed by atoms with van der Waals surface area (Å²) in [7, 11) is 0. The van der Waals surface area contributed by atoms with Crippen LogP contribution >= 0.6 is 12.6 Å². The highest BCUT2D eigenvalue weighted by Crippen LogP contribution is 2.17. The fourth-order valence-electron chi connectivity index (χ4n) is 1.02. The molecular formula is C9H7N3OS. The fraction of sp³-hybridized carbons (Fsp3) is 0. The van der Waals surface area contributed by atoms with E-state index in [2.05, 4.69) is 22.8 Å². The Morgan fingerprint density at radius 2 is 1.93 bits per heavy atom. The molecule has 2 rings (SSSR count). The third-order valence-corrected chi connectivity index (χ3v) is 1.84. The largest absolute Gasteiger partial charge is 0.414 e. The van der Waals surface area contributed by atoms with Gasteiger partial charge in [0.1, 0.15) is 5.04 Å². The highest BCUT2D eigenvalue weighted by Gasteiger charge is 2.09. The molecule has 0 aliphatic heterocycles. The van der Waals surface area contributed by atoms with Gasteiger partial charge >= 0.3 is 0 Å². The van der Waals surface area contributed by atoms with Crippen LogP contribution in [0.15, 0.2) is 34.7 Å². The summed E-state index contributed by atoms with van der Waals surface area (Å²) in [5.74, 6) is 0.534. The second-order valence-corrected chi connectivity index (χ2v) is 3.07. The van der Waals surface area contributed by atoms with Gasteiger partial charge in [0.25, 0.3) is 5.89 Å². The van der Waals surface area contributed by atoms with Gasteiger partial charge in [-0.05, 0) is 12.1 Å². The molecular weight excluding hydrogens is 198 g/mol. The summed E-state index contributed by atoms with van der Waals surface area (Å²) in [5.41, 5.74) is 0.834. The summed E-state index contributed by atoms with van der Waals surface area (Å²) in [4.78, 5) is 0. The SMILES string of the molecule is N=C(S)c1nnc(-c2ccccc2)o1. The minimum Gasteiger partial charge on any atom is -0.414 e. The summed E-state index contributed by atoms with van der Waals surface area (Å²) < 4.78 is 5.21. The van der Waals surface area contributed by atoms with Crippen LogP contribution in [0.25, 0.3) is 11.5 Å². The topological polar surface area (TPSA) is 62.8 Å². The van der Waals surface area contributed by atoms with Crippen molar-refractivity contribution >= 4 is 17.7 Å². The molecule has 0 saturated carbocycles. The van der Waals surface area contributed by atoms with Crippen LogP contribution < -0.4 is 0 Å². The number of benzene rings is 1. The lowest BCUT2D eigenvalue weighted by atomic mass is 10.2. The number of nitrogens with zero attached hydrogens (tertiary/aromatic N) is 2. The van der Waals surface area contributed by atoms with Gasteiger partial charge in [0.05, 0.1) is 0 Å². The molecule has 0 radical (unpaired) electrons. The zero-order valence-electron chi connectivity index (χ0n) is 7.14. The average Bonchev–Trinajstić information content (AvgIpc) is 2.68. The van der Waals surface area contributed by atoms with Crippen LogP contribution in [0.5, 0.6) is 0 Å². The Kier molecular flexibility index (Phi) is 2.32. The highest BCUT2D eigenvalue weighted by molar-refractivity contribution is 7.97. The lowest BCUT2D eigenvalue weighted by molar-refractivity contribution is 0.560. The monoisotopic (exact) mass is 205 g/mol. The van der Waals surface area contributed by atoms with Crippen LogP contribution in [0.3, 0.4) is 0 Å². The molecule has 1 N–H and O–H groups in total. The van der Waals surface area contributed by atoms with E-state index in [4.69, 9.17) is 9.83 Å². The molecule has 0 amide bonds. The minimum atomic E-state index is -0.0281. The zero-order valence-corrected chi connectivity index (χ0v) is 8.03. The minimum absolute atomic E-state index is 0.0281. The molecule has 0 unspecified atom stereocenters. The molecule has 70 valence electrons. The molecule has 14 heavy (non-hydrogen) atoms. The first-order chi connectivity index (χ1) is 6.77. The van der Waals surface area contributed by atoms with Crippen LogP contribution in [-0.4, -0.2) is 15.2 Å². The Morgan fingerprint density at radius 1 is 1.21 bits per heavy atom. The van der Waals surface area contributed by atoms with Crippen molar-refractivity contribution < 1.29 is 4.42 Å². The van der Waals surface area contributed by atoms with Crippen LogP contribution in [0, 0.1) is 5.41 Å². The maximum Gasteiger partial charge on any atom is 0.272 e. The molecule has 1 aromatic heterocycles. The van der Waals surface area contributed by atoms with Gasteiger partial charge in [0.2, 0.25) is 5.89 Å². The van der Waals surface area contributed by atoms with Gasteiger partial charge in [-0.3, -0.25) is 5.41 Å². The van der Waals surface area contributed by atoms with Gasteiger partial charge in [-0.15, -0.1) is 22.8 Å². The van der Waals surface area contributed by atoms with E-state index >= 15 is 0 Å². The van der Waals surface area contributed by atoms with Crippen molar-refractivity contribution in [3.63, 3.8) is 0 Å². The van der Waals surface area contributed by atoms with Crippen LogP contribution in [0.2, 0.25) is 0 Å². The Hall–Kier alpha value is -1.62. The van der Waals surface area contributed by atoms with E-state index in [9.17, 15) is 0 Å². The summed E-state index contributed by atoms with van der Waals surface area (Å²) >= 11 is 3.80. The second kappa shape index (κ2) is 3.63. The normalized spacial score (nSPS) is 10.1. The fourth-order valence-corrected chi connectivity index (χ4v) is 1.11. The number of hydrogen-bond donors (Lipinski definition) is 2. The zero-order chi connectivity index (χ0) is 9.97. The van der Waals surface area contributed by atoms with Crippen molar-refractivity contribution in [2.45, 2.75) is 0 Å². The van der Waals surface area contributed by atoms with E-state index in [1.165, 1.54) is 0 Å². The first-order valence-corrected chi connectivity index (χ1v) is 4.39. The average molecular weight is 205 g/mol. The Bertz CT molecular complexity index is 452. The van der Waals surface area contributed by atoms with E-state index in [-0.39, 0.29) is 10.9 Å². The molecule has 0 fully saturated rings. The smallest absolute Gasteiger partial charge is 0.272 e. The lowest BCUT2D eigenvalue weighted by Gasteiger charge is -1.91. The van der Waals surface area contributed by atoms with E-state index in [1.54, 1.807) is 0 Å². The predicted octanol–water partition coefficient (Wildman–Crippen LogP) is 1.99. The third-order valence-electron chi connectivity index (χ3n) is 1.65. The first kappa shape index (κ1) is 8.96. The van der Waals surface area contributed by atoms with Crippen molar-refractivity contribution in [3.05, 3.63) is 36.2 Å². The summed E-state index contributed by atoms with van der Waals surface area (Å²) in [6, 6.07) is 9.39. The van der Waals surface area contributed by atoms with Crippen LogP contribution in [-0.2, 0) is 0 Å². The Labute approximate surface area is 85.9 Å². The summed E-state index contributed by atoms with van der Waals surface area (Å²) in [5, 5.41) is 14.6. The van der Waals surface area contributed by atoms with E-state index < -0.39 is 0 Å². The van der Waals surface area contributed by atoms with Crippen molar-refractivity contribution in [2.75, 3.05) is 0 Å². The Balaban J connectivity index is 2.39. The van der Waals surface area contributed by atoms with Crippen LogP contribution in [0.4, 0.5) is 0 Å². The Morgan fingerprint density at radius 3 is 2.50 bits per heavy atom. The maximum atomic E-state index is 7.18. The number of nitrogens with one attached hydrogen (secondary N) is 1.